The molecule has 1 aliphatic rings. The number of sulfonamides is 1. The summed E-state index contributed by atoms with van der Waals surface area (Å²) in [7, 11) is -1.93. The molecule has 1 aromatic rings. The van der Waals surface area contributed by atoms with Crippen LogP contribution in [-0.2, 0) is 10.0 Å². The average Bonchev–Trinajstić information content (AvgIpc) is 3.12. The normalized spacial score (nSPS) is 15.5. The minimum absolute atomic E-state index is 0.0927. The molecule has 0 aliphatic heterocycles. The monoisotopic (exact) mass is 349 g/mol. The zero-order valence-corrected chi connectivity index (χ0v) is 12.9. The lowest BCUT2D eigenvalue weighted by molar-refractivity contribution is 0.0946. The SMILES string of the molecule is CNS(=O)(=O)CCNC(=O)c1cc(Br)cn1C1CC1. The van der Waals surface area contributed by atoms with E-state index in [2.05, 4.69) is 26.0 Å². The highest BCUT2D eigenvalue weighted by atomic mass is 79.9. The molecule has 0 aromatic carbocycles. The van der Waals surface area contributed by atoms with Crippen molar-refractivity contribution >= 4 is 31.9 Å². The van der Waals surface area contributed by atoms with E-state index in [1.165, 1.54) is 7.05 Å². The molecule has 0 unspecified atom stereocenters. The van der Waals surface area contributed by atoms with Crippen molar-refractivity contribution in [3.63, 3.8) is 0 Å². The summed E-state index contributed by atoms with van der Waals surface area (Å²) in [4.78, 5) is 12.0. The molecule has 1 fully saturated rings. The summed E-state index contributed by atoms with van der Waals surface area (Å²) >= 11 is 3.35. The third-order valence-electron chi connectivity index (χ3n) is 2.96. The Morgan fingerprint density at radius 3 is 2.79 bits per heavy atom. The molecule has 0 spiro atoms. The van der Waals surface area contributed by atoms with E-state index in [-0.39, 0.29) is 18.2 Å². The predicted octanol–water partition coefficient (Wildman–Crippen LogP) is 0.864. The van der Waals surface area contributed by atoms with Crippen molar-refractivity contribution in [2.24, 2.45) is 0 Å². The van der Waals surface area contributed by atoms with Gasteiger partial charge in [-0.3, -0.25) is 4.79 Å². The maximum Gasteiger partial charge on any atom is 0.267 e. The molecule has 1 saturated carbocycles. The van der Waals surface area contributed by atoms with Gasteiger partial charge in [-0.25, -0.2) is 13.1 Å². The van der Waals surface area contributed by atoms with E-state index in [0.29, 0.717) is 11.7 Å². The van der Waals surface area contributed by atoms with Gasteiger partial charge >= 0.3 is 0 Å². The van der Waals surface area contributed by atoms with Crippen molar-refractivity contribution < 1.29 is 13.2 Å². The van der Waals surface area contributed by atoms with Crippen molar-refractivity contribution in [3.05, 3.63) is 22.4 Å². The number of carbonyl (C=O) groups excluding carboxylic acids is 1. The first-order valence-corrected chi connectivity index (χ1v) is 8.44. The second-order valence-electron chi connectivity index (χ2n) is 4.46. The molecule has 1 aromatic heterocycles. The predicted molar refractivity (Wildman–Crippen MR) is 75.6 cm³/mol. The number of hydrogen-bond donors (Lipinski definition) is 2. The standard InChI is InChI=1S/C11H16BrN3O3S/c1-13-19(17,18)5-4-14-11(16)10-6-8(12)7-15(10)9-2-3-9/h6-7,9,13H,2-5H2,1H3,(H,14,16). The molecule has 1 aliphatic carbocycles. The van der Waals surface area contributed by atoms with Gasteiger partial charge in [-0.05, 0) is 41.9 Å². The molecule has 19 heavy (non-hydrogen) atoms. The fourth-order valence-corrected chi connectivity index (χ4v) is 2.79. The fourth-order valence-electron chi connectivity index (χ4n) is 1.77. The van der Waals surface area contributed by atoms with Gasteiger partial charge in [0.25, 0.3) is 5.91 Å². The number of hydrogen-bond acceptors (Lipinski definition) is 3. The summed E-state index contributed by atoms with van der Waals surface area (Å²) < 4.78 is 27.5. The number of amides is 1. The zero-order chi connectivity index (χ0) is 14.0. The first-order chi connectivity index (χ1) is 8.93. The van der Waals surface area contributed by atoms with Crippen molar-refractivity contribution in [2.75, 3.05) is 19.3 Å². The molecular weight excluding hydrogens is 334 g/mol. The lowest BCUT2D eigenvalue weighted by Gasteiger charge is -2.08. The van der Waals surface area contributed by atoms with E-state index >= 15 is 0 Å². The van der Waals surface area contributed by atoms with E-state index in [4.69, 9.17) is 0 Å². The first-order valence-electron chi connectivity index (χ1n) is 6.00. The fraction of sp³-hybridized carbons (Fsp3) is 0.545. The molecule has 1 heterocycles. The molecule has 6 nitrogen and oxygen atoms in total. The molecular formula is C11H16BrN3O3S. The average molecular weight is 350 g/mol. The number of nitrogens with one attached hydrogen (secondary N) is 2. The number of rotatable bonds is 6. The molecule has 0 bridgehead atoms. The third kappa shape index (κ3) is 3.80. The minimum atomic E-state index is -3.29. The lowest BCUT2D eigenvalue weighted by Crippen LogP contribution is -2.33. The van der Waals surface area contributed by atoms with Gasteiger partial charge in [-0.15, -0.1) is 0 Å². The van der Waals surface area contributed by atoms with Crippen LogP contribution in [0.3, 0.4) is 0 Å². The van der Waals surface area contributed by atoms with E-state index in [9.17, 15) is 13.2 Å². The largest absolute Gasteiger partial charge is 0.350 e. The van der Waals surface area contributed by atoms with Gasteiger partial charge < -0.3 is 9.88 Å². The topological polar surface area (TPSA) is 80.2 Å². The van der Waals surface area contributed by atoms with Gasteiger partial charge in [-0.1, -0.05) is 0 Å². The van der Waals surface area contributed by atoms with Crippen LogP contribution in [0.15, 0.2) is 16.7 Å². The molecule has 2 rings (SSSR count). The van der Waals surface area contributed by atoms with Gasteiger partial charge in [0.1, 0.15) is 5.69 Å². The Morgan fingerprint density at radius 2 is 2.21 bits per heavy atom. The second-order valence-corrected chi connectivity index (χ2v) is 7.42. The van der Waals surface area contributed by atoms with Crippen molar-refractivity contribution in [1.29, 1.82) is 0 Å². The molecule has 106 valence electrons. The minimum Gasteiger partial charge on any atom is -0.350 e. The van der Waals surface area contributed by atoms with Gasteiger partial charge in [0.05, 0.1) is 5.75 Å². The van der Waals surface area contributed by atoms with Crippen molar-refractivity contribution in [2.45, 2.75) is 18.9 Å². The van der Waals surface area contributed by atoms with Crippen molar-refractivity contribution in [3.8, 4) is 0 Å². The summed E-state index contributed by atoms with van der Waals surface area (Å²) in [6, 6.07) is 2.15. The van der Waals surface area contributed by atoms with Crippen LogP contribution in [-0.4, -0.2) is 38.2 Å². The molecule has 2 N–H and O–H groups in total. The van der Waals surface area contributed by atoms with Gasteiger partial charge in [-0.2, -0.15) is 0 Å². The summed E-state index contributed by atoms with van der Waals surface area (Å²) in [6.07, 6.45) is 4.04. The van der Waals surface area contributed by atoms with Crippen LogP contribution in [0.25, 0.3) is 0 Å². The van der Waals surface area contributed by atoms with Crippen LogP contribution >= 0.6 is 15.9 Å². The highest BCUT2D eigenvalue weighted by molar-refractivity contribution is 9.10. The van der Waals surface area contributed by atoms with Gasteiger partial charge in [0, 0.05) is 23.3 Å². The van der Waals surface area contributed by atoms with E-state index < -0.39 is 10.0 Å². The van der Waals surface area contributed by atoms with Crippen LogP contribution in [0, 0.1) is 0 Å². The number of carbonyl (C=O) groups is 1. The van der Waals surface area contributed by atoms with Crippen LogP contribution in [0.5, 0.6) is 0 Å². The number of aromatic nitrogens is 1. The van der Waals surface area contributed by atoms with Crippen LogP contribution < -0.4 is 10.0 Å². The Balaban J connectivity index is 1.97. The third-order valence-corrected chi connectivity index (χ3v) is 4.75. The Hall–Kier alpha value is -0.860. The zero-order valence-electron chi connectivity index (χ0n) is 10.5. The number of nitrogens with zero attached hydrogens (tertiary/aromatic N) is 1. The van der Waals surface area contributed by atoms with Crippen molar-refractivity contribution in [1.82, 2.24) is 14.6 Å². The lowest BCUT2D eigenvalue weighted by atomic mass is 10.4. The molecule has 0 atom stereocenters. The molecule has 1 amide bonds. The second kappa shape index (κ2) is 5.64. The van der Waals surface area contributed by atoms with Crippen LogP contribution in [0.4, 0.5) is 0 Å². The highest BCUT2D eigenvalue weighted by Crippen LogP contribution is 2.37. The van der Waals surface area contributed by atoms with Crippen LogP contribution in [0.2, 0.25) is 0 Å². The summed E-state index contributed by atoms with van der Waals surface area (Å²) in [5, 5.41) is 2.63. The molecule has 0 saturated heterocycles. The maximum atomic E-state index is 12.0. The Kier molecular flexibility index (Phi) is 4.32. The number of halogens is 1. The smallest absolute Gasteiger partial charge is 0.267 e. The van der Waals surface area contributed by atoms with E-state index in [1.54, 1.807) is 6.07 Å². The van der Waals surface area contributed by atoms with Gasteiger partial charge in [0.15, 0.2) is 0 Å². The van der Waals surface area contributed by atoms with E-state index in [1.807, 2.05) is 10.8 Å². The quantitative estimate of drug-likeness (QED) is 0.799. The summed E-state index contributed by atoms with van der Waals surface area (Å²) in [6.45, 7) is 0.0927. The maximum absolute atomic E-state index is 12.0. The summed E-state index contributed by atoms with van der Waals surface area (Å²) in [5.41, 5.74) is 0.566. The molecule has 8 heteroatoms. The first kappa shape index (κ1) is 14.5. The highest BCUT2D eigenvalue weighted by Gasteiger charge is 2.27. The van der Waals surface area contributed by atoms with E-state index in [0.717, 1.165) is 17.3 Å². The summed E-state index contributed by atoms with van der Waals surface area (Å²) in [5.74, 6) is -0.371. The Morgan fingerprint density at radius 1 is 1.53 bits per heavy atom. The van der Waals surface area contributed by atoms with Gasteiger partial charge in [0.2, 0.25) is 10.0 Å². The molecule has 0 radical (unpaired) electrons. The van der Waals surface area contributed by atoms with Crippen LogP contribution in [0.1, 0.15) is 29.4 Å². The Bertz CT molecular complexity index is 578. The Labute approximate surface area is 120 Å².